The first-order valence-corrected chi connectivity index (χ1v) is 7.01. The van der Waals surface area contributed by atoms with Crippen LogP contribution in [0.4, 0.5) is 26.3 Å². The quantitative estimate of drug-likeness (QED) is 0.791. The highest BCUT2D eigenvalue weighted by molar-refractivity contribution is 5.51. The van der Waals surface area contributed by atoms with Crippen LogP contribution in [0.1, 0.15) is 35.0 Å². The minimum atomic E-state index is -5.09. The minimum Gasteiger partial charge on any atom is -0.382 e. The molecule has 1 heterocycles. The Morgan fingerprint density at radius 1 is 1.32 bits per heavy atom. The second-order valence-corrected chi connectivity index (χ2v) is 5.56. The highest BCUT2D eigenvalue weighted by Gasteiger charge is 2.51. The Balaban J connectivity index is 2.30. The SMILES string of the molecule is N#Cc1cc(F)ccc1-n1nc(C(F)(F)F)c2c1CCC(F)(F)C2O. The molecule has 0 fully saturated rings. The highest BCUT2D eigenvalue weighted by Crippen LogP contribution is 2.47. The van der Waals surface area contributed by atoms with Crippen LogP contribution in [0.5, 0.6) is 0 Å². The number of halogens is 6. The maximum atomic E-state index is 13.7. The van der Waals surface area contributed by atoms with Crippen LogP contribution in [0.3, 0.4) is 0 Å². The first-order chi connectivity index (χ1) is 11.6. The molecule has 0 amide bonds. The average Bonchev–Trinajstić information content (AvgIpc) is 2.91. The van der Waals surface area contributed by atoms with Crippen LogP contribution < -0.4 is 0 Å². The number of hydrogen-bond acceptors (Lipinski definition) is 3. The van der Waals surface area contributed by atoms with E-state index in [0.29, 0.717) is 4.68 Å². The van der Waals surface area contributed by atoms with Gasteiger partial charge in [0.05, 0.1) is 16.9 Å². The standard InChI is InChI=1S/C15H9F6N3O/c16-8-1-2-9(7(5-8)6-22)24-10-3-4-14(17,18)13(25)11(10)12(23-24)15(19,20)21/h1-2,5,13,25H,3-4H2. The number of aromatic nitrogens is 2. The lowest BCUT2D eigenvalue weighted by molar-refractivity contribution is -0.150. The Labute approximate surface area is 136 Å². The summed E-state index contributed by atoms with van der Waals surface area (Å²) in [7, 11) is 0. The zero-order valence-electron chi connectivity index (χ0n) is 12.3. The number of aliphatic hydroxyl groups excluding tert-OH is 1. The number of hydrogen-bond donors (Lipinski definition) is 1. The van der Waals surface area contributed by atoms with Gasteiger partial charge in [0.25, 0.3) is 5.92 Å². The minimum absolute atomic E-state index is 0.187. The van der Waals surface area contributed by atoms with Crippen molar-refractivity contribution in [1.29, 1.82) is 5.26 Å². The van der Waals surface area contributed by atoms with E-state index in [-0.39, 0.29) is 16.9 Å². The van der Waals surface area contributed by atoms with Gasteiger partial charge in [-0.15, -0.1) is 0 Å². The lowest BCUT2D eigenvalue weighted by atomic mass is 9.89. The molecule has 1 aromatic carbocycles. The number of alkyl halides is 5. The van der Waals surface area contributed by atoms with E-state index >= 15 is 0 Å². The van der Waals surface area contributed by atoms with E-state index in [1.54, 1.807) is 6.07 Å². The van der Waals surface area contributed by atoms with Crippen LogP contribution in [0.25, 0.3) is 5.69 Å². The molecular formula is C15H9F6N3O. The van der Waals surface area contributed by atoms with E-state index in [1.165, 1.54) is 0 Å². The molecule has 0 bridgehead atoms. The first kappa shape index (κ1) is 17.3. The highest BCUT2D eigenvalue weighted by atomic mass is 19.4. The van der Waals surface area contributed by atoms with Gasteiger partial charge in [-0.05, 0) is 24.6 Å². The fourth-order valence-electron chi connectivity index (χ4n) is 2.82. The van der Waals surface area contributed by atoms with Crippen LogP contribution in [0.15, 0.2) is 18.2 Å². The average molecular weight is 361 g/mol. The molecule has 0 saturated heterocycles. The predicted octanol–water partition coefficient (Wildman–Crippen LogP) is 3.52. The number of rotatable bonds is 1. The number of nitriles is 1. The summed E-state index contributed by atoms with van der Waals surface area (Å²) in [5.41, 5.74) is -3.45. The molecule has 1 aliphatic rings. The van der Waals surface area contributed by atoms with Crippen LogP contribution in [-0.2, 0) is 12.6 Å². The van der Waals surface area contributed by atoms with Gasteiger partial charge in [-0.1, -0.05) is 0 Å². The monoisotopic (exact) mass is 361 g/mol. The van der Waals surface area contributed by atoms with Gasteiger partial charge in [-0.3, -0.25) is 0 Å². The molecule has 1 atom stereocenters. The Hall–Kier alpha value is -2.54. The van der Waals surface area contributed by atoms with Crippen molar-refractivity contribution >= 4 is 0 Å². The van der Waals surface area contributed by atoms with Crippen LogP contribution >= 0.6 is 0 Å². The maximum Gasteiger partial charge on any atom is 0.435 e. The van der Waals surface area contributed by atoms with Crippen molar-refractivity contribution in [2.24, 2.45) is 0 Å². The van der Waals surface area contributed by atoms with E-state index in [0.717, 1.165) is 18.2 Å². The third kappa shape index (κ3) is 2.74. The van der Waals surface area contributed by atoms with Crippen molar-refractivity contribution in [3.8, 4) is 11.8 Å². The van der Waals surface area contributed by atoms with Gasteiger partial charge in [-0.2, -0.15) is 23.5 Å². The molecule has 0 aliphatic heterocycles. The summed E-state index contributed by atoms with van der Waals surface area (Å²) >= 11 is 0. The van der Waals surface area contributed by atoms with Crippen LogP contribution in [0.2, 0.25) is 0 Å². The van der Waals surface area contributed by atoms with Gasteiger partial charge < -0.3 is 5.11 Å². The molecule has 0 saturated carbocycles. The van der Waals surface area contributed by atoms with Gasteiger partial charge in [0.1, 0.15) is 18.0 Å². The third-order valence-corrected chi connectivity index (χ3v) is 3.97. The summed E-state index contributed by atoms with van der Waals surface area (Å²) in [6, 6.07) is 4.36. The van der Waals surface area contributed by atoms with E-state index in [4.69, 9.17) is 5.26 Å². The fourth-order valence-corrected chi connectivity index (χ4v) is 2.82. The maximum absolute atomic E-state index is 13.7. The molecule has 1 aliphatic carbocycles. The second-order valence-electron chi connectivity index (χ2n) is 5.56. The number of benzene rings is 1. The fraction of sp³-hybridized carbons (Fsp3) is 0.333. The van der Waals surface area contributed by atoms with Gasteiger partial charge in [0.2, 0.25) is 0 Å². The molecule has 132 valence electrons. The number of aliphatic hydroxyl groups is 1. The zero-order chi connectivity index (χ0) is 18.6. The Morgan fingerprint density at radius 2 is 2.00 bits per heavy atom. The summed E-state index contributed by atoms with van der Waals surface area (Å²) < 4.78 is 81.0. The van der Waals surface area contributed by atoms with Gasteiger partial charge in [-0.25, -0.2) is 17.9 Å². The normalized spacial score (nSPS) is 19.4. The van der Waals surface area contributed by atoms with Crippen LogP contribution in [0, 0.1) is 17.1 Å². The summed E-state index contributed by atoms with van der Waals surface area (Å²) in [6.45, 7) is 0. The summed E-state index contributed by atoms with van der Waals surface area (Å²) in [6.07, 6.45) is -9.14. The lowest BCUT2D eigenvalue weighted by Crippen LogP contribution is -2.33. The first-order valence-electron chi connectivity index (χ1n) is 7.01. The molecular weight excluding hydrogens is 352 g/mol. The summed E-state index contributed by atoms with van der Waals surface area (Å²) in [5, 5.41) is 22.1. The smallest absolute Gasteiger partial charge is 0.382 e. The van der Waals surface area contributed by atoms with Crippen molar-refractivity contribution in [3.05, 3.63) is 46.5 Å². The van der Waals surface area contributed by atoms with Crippen molar-refractivity contribution in [2.45, 2.75) is 31.0 Å². The molecule has 2 aromatic rings. The molecule has 0 spiro atoms. The van der Waals surface area contributed by atoms with E-state index in [9.17, 15) is 31.4 Å². The van der Waals surface area contributed by atoms with Crippen molar-refractivity contribution in [1.82, 2.24) is 9.78 Å². The summed E-state index contributed by atoms with van der Waals surface area (Å²) in [5.74, 6) is -4.52. The molecule has 0 radical (unpaired) electrons. The van der Waals surface area contributed by atoms with Gasteiger partial charge in [0.15, 0.2) is 5.69 Å². The van der Waals surface area contributed by atoms with Crippen LogP contribution in [-0.4, -0.2) is 20.8 Å². The molecule has 1 unspecified atom stereocenters. The second kappa shape index (κ2) is 5.49. The Morgan fingerprint density at radius 3 is 2.60 bits per heavy atom. The molecule has 3 rings (SSSR count). The predicted molar refractivity (Wildman–Crippen MR) is 71.5 cm³/mol. The van der Waals surface area contributed by atoms with Gasteiger partial charge in [0, 0.05) is 12.0 Å². The molecule has 10 heteroatoms. The van der Waals surface area contributed by atoms with E-state index in [2.05, 4.69) is 5.10 Å². The molecule has 4 nitrogen and oxygen atoms in total. The number of nitrogens with zero attached hydrogens (tertiary/aromatic N) is 3. The lowest BCUT2D eigenvalue weighted by Gasteiger charge is -2.28. The molecule has 1 aromatic heterocycles. The topological polar surface area (TPSA) is 61.8 Å². The van der Waals surface area contributed by atoms with E-state index in [1.807, 2.05) is 0 Å². The third-order valence-electron chi connectivity index (χ3n) is 3.97. The molecule has 25 heavy (non-hydrogen) atoms. The van der Waals surface area contributed by atoms with E-state index < -0.39 is 48.1 Å². The summed E-state index contributed by atoms with van der Waals surface area (Å²) in [4.78, 5) is 0. The Kier molecular flexibility index (Phi) is 3.79. The largest absolute Gasteiger partial charge is 0.435 e. The van der Waals surface area contributed by atoms with Crippen molar-refractivity contribution in [2.75, 3.05) is 0 Å². The van der Waals surface area contributed by atoms with Crippen molar-refractivity contribution < 1.29 is 31.4 Å². The van der Waals surface area contributed by atoms with Gasteiger partial charge >= 0.3 is 6.18 Å². The van der Waals surface area contributed by atoms with Crippen molar-refractivity contribution in [3.63, 3.8) is 0 Å². The zero-order valence-corrected chi connectivity index (χ0v) is 12.3. The molecule has 1 N–H and O–H groups in total. The number of fused-ring (bicyclic) bond motifs is 1. The Bertz CT molecular complexity index is 881.